The fourth-order valence-corrected chi connectivity index (χ4v) is 3.05. The second-order valence-electron chi connectivity index (χ2n) is 7.05. The van der Waals surface area contributed by atoms with Crippen LogP contribution in [-0.2, 0) is 20.9 Å². The molecule has 0 atom stereocenters. The minimum atomic E-state index is -1.43. The van der Waals surface area contributed by atoms with Gasteiger partial charge in [-0.15, -0.1) is 0 Å². The zero-order chi connectivity index (χ0) is 20.9. The van der Waals surface area contributed by atoms with Crippen molar-refractivity contribution < 1.29 is 29.3 Å². The van der Waals surface area contributed by atoms with E-state index in [1.54, 1.807) is 21.0 Å². The first-order valence-electron chi connectivity index (χ1n) is 9.69. The van der Waals surface area contributed by atoms with Crippen molar-refractivity contribution in [2.24, 2.45) is 5.92 Å². The van der Waals surface area contributed by atoms with Gasteiger partial charge >= 0.3 is 11.9 Å². The van der Waals surface area contributed by atoms with Gasteiger partial charge in [0.25, 0.3) is 0 Å². The van der Waals surface area contributed by atoms with Gasteiger partial charge in [0.05, 0.1) is 13.7 Å². The molecule has 0 spiro atoms. The molecule has 0 unspecified atom stereocenters. The summed E-state index contributed by atoms with van der Waals surface area (Å²) in [5.74, 6) is -3.19. The molecule has 0 aliphatic carbocycles. The molecule has 0 bridgehead atoms. The van der Waals surface area contributed by atoms with Gasteiger partial charge in [-0.1, -0.05) is 37.0 Å². The van der Waals surface area contributed by atoms with Crippen LogP contribution in [0.1, 0.15) is 57.9 Å². The fraction of sp³-hybridized carbons (Fsp3) is 0.545. The summed E-state index contributed by atoms with van der Waals surface area (Å²) in [5, 5.41) is 18.3. The van der Waals surface area contributed by atoms with Crippen molar-refractivity contribution in [2.45, 2.75) is 59.0 Å². The molecule has 0 aliphatic rings. The van der Waals surface area contributed by atoms with E-state index in [0.29, 0.717) is 25.2 Å². The molecule has 6 heteroatoms. The molecule has 0 aromatic heterocycles. The number of unbranched alkanes of at least 4 members (excludes halogenated alkanes) is 4. The third-order valence-corrected chi connectivity index (χ3v) is 4.65. The Morgan fingerprint density at radius 2 is 1.50 bits per heavy atom. The molecule has 0 heterocycles. The second-order valence-corrected chi connectivity index (χ2v) is 7.05. The van der Waals surface area contributed by atoms with Crippen molar-refractivity contribution in [3.05, 3.63) is 41.0 Å². The molecule has 1 aromatic carbocycles. The number of allylic oxidation sites excluding steroid dienone is 1. The van der Waals surface area contributed by atoms with Gasteiger partial charge in [-0.25, -0.2) is 0 Å². The molecule has 0 radical (unpaired) electrons. The molecule has 1 aromatic rings. The number of carbonyl (C=O) groups is 2. The number of hydrogen-bond donors (Lipinski definition) is 2. The van der Waals surface area contributed by atoms with Crippen molar-refractivity contribution >= 4 is 11.9 Å². The zero-order valence-electron chi connectivity index (χ0n) is 17.1. The van der Waals surface area contributed by atoms with E-state index in [0.717, 1.165) is 49.0 Å². The van der Waals surface area contributed by atoms with Crippen LogP contribution in [0.3, 0.4) is 0 Å². The third kappa shape index (κ3) is 8.57. The van der Waals surface area contributed by atoms with Crippen LogP contribution in [0, 0.1) is 5.92 Å². The number of carboxylic acids is 2. The molecule has 0 aliphatic heterocycles. The first-order chi connectivity index (χ1) is 13.4. The van der Waals surface area contributed by atoms with E-state index in [-0.39, 0.29) is 0 Å². The molecule has 0 saturated carbocycles. The average Bonchev–Trinajstić information content (AvgIpc) is 2.65. The van der Waals surface area contributed by atoms with E-state index in [2.05, 4.69) is 0 Å². The minimum Gasteiger partial charge on any atom is -0.497 e. The standard InChI is InChI=1S/C22H32O6/c1-16(2)19(20(21(23)24)22(25)26)9-7-5-4-6-8-14-28-15-17-10-12-18(27-3)13-11-17/h10-13,20H,4-9,14-15H2,1-3H3,(H,23,24)(H,25,26). The van der Waals surface area contributed by atoms with Crippen LogP contribution in [-0.4, -0.2) is 35.9 Å². The Kier molecular flexibility index (Phi) is 11.0. The molecular weight excluding hydrogens is 360 g/mol. The first kappa shape index (κ1) is 23.7. The Balaban J connectivity index is 2.18. The Labute approximate surface area is 167 Å². The van der Waals surface area contributed by atoms with Gasteiger partial charge in [0, 0.05) is 6.61 Å². The van der Waals surface area contributed by atoms with E-state index in [1.165, 1.54) is 0 Å². The molecule has 0 fully saturated rings. The van der Waals surface area contributed by atoms with Crippen LogP contribution in [0.4, 0.5) is 0 Å². The minimum absolute atomic E-state index is 0.513. The van der Waals surface area contributed by atoms with Gasteiger partial charge < -0.3 is 19.7 Å². The number of aliphatic carboxylic acids is 2. The monoisotopic (exact) mass is 392 g/mol. The molecule has 0 saturated heterocycles. The maximum absolute atomic E-state index is 11.2. The van der Waals surface area contributed by atoms with Crippen LogP contribution in [0.2, 0.25) is 0 Å². The van der Waals surface area contributed by atoms with Crippen molar-refractivity contribution in [3.63, 3.8) is 0 Å². The van der Waals surface area contributed by atoms with Crippen LogP contribution < -0.4 is 4.74 Å². The van der Waals surface area contributed by atoms with Crippen molar-refractivity contribution in [3.8, 4) is 5.75 Å². The van der Waals surface area contributed by atoms with E-state index < -0.39 is 17.9 Å². The highest BCUT2D eigenvalue weighted by Crippen LogP contribution is 2.23. The number of hydrogen-bond acceptors (Lipinski definition) is 4. The predicted octanol–water partition coefficient (Wildman–Crippen LogP) is 4.67. The number of ether oxygens (including phenoxy) is 2. The summed E-state index contributed by atoms with van der Waals surface area (Å²) in [6, 6.07) is 7.81. The Morgan fingerprint density at radius 3 is 2.04 bits per heavy atom. The molecule has 2 N–H and O–H groups in total. The summed E-state index contributed by atoms with van der Waals surface area (Å²) >= 11 is 0. The number of methoxy groups -OCH3 is 1. The zero-order valence-corrected chi connectivity index (χ0v) is 17.1. The number of rotatable bonds is 14. The summed E-state index contributed by atoms with van der Waals surface area (Å²) in [6.45, 7) is 4.83. The predicted molar refractivity (Wildman–Crippen MR) is 107 cm³/mol. The van der Waals surface area contributed by atoms with Crippen molar-refractivity contribution in [1.29, 1.82) is 0 Å². The quantitative estimate of drug-likeness (QED) is 0.271. The topological polar surface area (TPSA) is 93.1 Å². The van der Waals surface area contributed by atoms with E-state index >= 15 is 0 Å². The SMILES string of the molecule is COc1ccc(COCCCCCCCC(=C(C)C)C(C(=O)O)C(=O)O)cc1. The maximum atomic E-state index is 11.2. The first-order valence-corrected chi connectivity index (χ1v) is 9.69. The molecule has 6 nitrogen and oxygen atoms in total. The van der Waals surface area contributed by atoms with Gasteiger partial charge in [0.2, 0.25) is 0 Å². The third-order valence-electron chi connectivity index (χ3n) is 4.65. The Hall–Kier alpha value is -2.34. The Bertz CT molecular complexity index is 629. The average molecular weight is 392 g/mol. The normalized spacial score (nSPS) is 10.7. The summed E-state index contributed by atoms with van der Waals surface area (Å²) in [7, 11) is 1.64. The number of carboxylic acid groups (broad SMARTS) is 2. The van der Waals surface area contributed by atoms with Gasteiger partial charge in [-0.3, -0.25) is 9.59 Å². The highest BCUT2D eigenvalue weighted by atomic mass is 16.5. The van der Waals surface area contributed by atoms with Gasteiger partial charge in [-0.2, -0.15) is 0 Å². The lowest BCUT2D eigenvalue weighted by Crippen LogP contribution is -2.26. The number of benzene rings is 1. The second kappa shape index (κ2) is 12.9. The van der Waals surface area contributed by atoms with E-state index in [4.69, 9.17) is 19.7 Å². The molecule has 1 rings (SSSR count). The summed E-state index contributed by atoms with van der Waals surface area (Å²) in [4.78, 5) is 22.4. The summed E-state index contributed by atoms with van der Waals surface area (Å²) in [6.07, 6.45) is 5.28. The molecule has 28 heavy (non-hydrogen) atoms. The lowest BCUT2D eigenvalue weighted by atomic mass is 9.90. The highest BCUT2D eigenvalue weighted by molar-refractivity contribution is 5.96. The van der Waals surface area contributed by atoms with Gasteiger partial charge in [0.15, 0.2) is 5.92 Å². The van der Waals surface area contributed by atoms with Crippen molar-refractivity contribution in [2.75, 3.05) is 13.7 Å². The lowest BCUT2D eigenvalue weighted by Gasteiger charge is -2.15. The highest BCUT2D eigenvalue weighted by Gasteiger charge is 2.30. The van der Waals surface area contributed by atoms with E-state index in [9.17, 15) is 9.59 Å². The molecule has 156 valence electrons. The Morgan fingerprint density at radius 1 is 0.929 bits per heavy atom. The van der Waals surface area contributed by atoms with Crippen LogP contribution in [0.25, 0.3) is 0 Å². The summed E-state index contributed by atoms with van der Waals surface area (Å²) < 4.78 is 10.8. The van der Waals surface area contributed by atoms with Gasteiger partial charge in [-0.05, 0) is 56.4 Å². The van der Waals surface area contributed by atoms with Crippen LogP contribution >= 0.6 is 0 Å². The van der Waals surface area contributed by atoms with Gasteiger partial charge in [0.1, 0.15) is 5.75 Å². The molecular formula is C22H32O6. The van der Waals surface area contributed by atoms with Crippen LogP contribution in [0.5, 0.6) is 5.75 Å². The smallest absolute Gasteiger partial charge is 0.322 e. The lowest BCUT2D eigenvalue weighted by molar-refractivity contribution is -0.152. The fourth-order valence-electron chi connectivity index (χ4n) is 3.05. The van der Waals surface area contributed by atoms with Crippen LogP contribution in [0.15, 0.2) is 35.4 Å². The maximum Gasteiger partial charge on any atom is 0.322 e. The largest absolute Gasteiger partial charge is 0.497 e. The summed E-state index contributed by atoms with van der Waals surface area (Å²) in [5.41, 5.74) is 2.41. The van der Waals surface area contributed by atoms with Crippen molar-refractivity contribution in [1.82, 2.24) is 0 Å². The molecule has 0 amide bonds. The van der Waals surface area contributed by atoms with E-state index in [1.807, 2.05) is 24.3 Å².